The average molecular weight is 392 g/mol. The molecule has 0 aliphatic carbocycles. The number of hydrogen-bond donors (Lipinski definition) is 0. The highest BCUT2D eigenvalue weighted by Crippen LogP contribution is 2.36. The number of aryl methyl sites for hydroxylation is 1. The van der Waals surface area contributed by atoms with Crippen LogP contribution in [-0.2, 0) is 9.84 Å². The molecule has 0 bridgehead atoms. The van der Waals surface area contributed by atoms with Crippen LogP contribution in [0.2, 0.25) is 0 Å². The van der Waals surface area contributed by atoms with Crippen LogP contribution in [0.3, 0.4) is 0 Å². The molecule has 0 aliphatic rings. The lowest BCUT2D eigenvalue weighted by Crippen LogP contribution is -2.09. The SMILES string of the molecule is Cc1cc(=O)c(Oc2c(F)cccc2F)c(-c2ccccc2S(C)(=O)=O)o1. The number of ether oxygens (including phenoxy) is 1. The fourth-order valence-electron chi connectivity index (χ4n) is 2.53. The molecule has 0 unspecified atom stereocenters. The quantitative estimate of drug-likeness (QED) is 0.669. The second kappa shape index (κ2) is 6.96. The summed E-state index contributed by atoms with van der Waals surface area (Å²) in [5, 5.41) is 0. The van der Waals surface area contributed by atoms with E-state index < -0.39 is 38.4 Å². The fraction of sp³-hybridized carbons (Fsp3) is 0.105. The number of para-hydroxylation sites is 1. The third-order valence-electron chi connectivity index (χ3n) is 3.68. The lowest BCUT2D eigenvalue weighted by molar-refractivity contribution is 0.389. The highest BCUT2D eigenvalue weighted by atomic mass is 32.2. The number of rotatable bonds is 4. The van der Waals surface area contributed by atoms with Crippen molar-refractivity contribution in [2.75, 3.05) is 6.26 Å². The van der Waals surface area contributed by atoms with Crippen molar-refractivity contribution >= 4 is 9.84 Å². The maximum absolute atomic E-state index is 14.0. The summed E-state index contributed by atoms with van der Waals surface area (Å²) in [6.45, 7) is 1.49. The van der Waals surface area contributed by atoms with Crippen LogP contribution in [-0.4, -0.2) is 14.7 Å². The van der Waals surface area contributed by atoms with Gasteiger partial charge in [0.25, 0.3) is 0 Å². The van der Waals surface area contributed by atoms with Crippen molar-refractivity contribution in [3.05, 3.63) is 76.1 Å². The second-order valence-electron chi connectivity index (χ2n) is 5.80. The van der Waals surface area contributed by atoms with Gasteiger partial charge in [0, 0.05) is 17.9 Å². The summed E-state index contributed by atoms with van der Waals surface area (Å²) in [7, 11) is -3.68. The third kappa shape index (κ3) is 3.75. The number of halogens is 2. The summed E-state index contributed by atoms with van der Waals surface area (Å²) < 4.78 is 62.9. The molecule has 0 atom stereocenters. The number of benzene rings is 2. The summed E-state index contributed by atoms with van der Waals surface area (Å²) >= 11 is 0. The van der Waals surface area contributed by atoms with Crippen molar-refractivity contribution in [2.45, 2.75) is 11.8 Å². The maximum atomic E-state index is 14.0. The van der Waals surface area contributed by atoms with Crippen LogP contribution in [0.4, 0.5) is 8.78 Å². The molecule has 1 aromatic heterocycles. The van der Waals surface area contributed by atoms with Crippen LogP contribution in [0.1, 0.15) is 5.76 Å². The normalized spacial score (nSPS) is 11.4. The van der Waals surface area contributed by atoms with Crippen molar-refractivity contribution in [1.29, 1.82) is 0 Å². The van der Waals surface area contributed by atoms with Crippen LogP contribution in [0, 0.1) is 18.6 Å². The predicted molar refractivity (Wildman–Crippen MR) is 94.7 cm³/mol. The molecule has 0 saturated carbocycles. The van der Waals surface area contributed by atoms with E-state index in [1.807, 2.05) is 0 Å². The largest absolute Gasteiger partial charge is 0.457 e. The fourth-order valence-corrected chi connectivity index (χ4v) is 3.42. The summed E-state index contributed by atoms with van der Waals surface area (Å²) in [5.41, 5.74) is -0.660. The monoisotopic (exact) mass is 392 g/mol. The Labute approximate surface area is 153 Å². The molecule has 0 N–H and O–H groups in total. The zero-order valence-corrected chi connectivity index (χ0v) is 15.1. The Hall–Kier alpha value is -3.00. The molecule has 3 rings (SSSR count). The van der Waals surface area contributed by atoms with Gasteiger partial charge in [-0.2, -0.15) is 0 Å². The first kappa shape index (κ1) is 18.8. The summed E-state index contributed by atoms with van der Waals surface area (Å²) in [6.07, 6.45) is 0.997. The molecule has 0 spiro atoms. The van der Waals surface area contributed by atoms with Crippen molar-refractivity contribution < 1.29 is 26.4 Å². The minimum absolute atomic E-state index is 0.0487. The molecule has 0 radical (unpaired) electrons. The molecule has 0 saturated heterocycles. The van der Waals surface area contributed by atoms with Gasteiger partial charge in [0.05, 0.1) is 4.90 Å². The minimum atomic E-state index is -3.68. The minimum Gasteiger partial charge on any atom is -0.457 e. The van der Waals surface area contributed by atoms with E-state index in [2.05, 4.69) is 0 Å². The van der Waals surface area contributed by atoms with Crippen molar-refractivity contribution in [2.24, 2.45) is 0 Å². The van der Waals surface area contributed by atoms with E-state index in [-0.39, 0.29) is 22.0 Å². The van der Waals surface area contributed by atoms with E-state index in [0.717, 1.165) is 30.5 Å². The van der Waals surface area contributed by atoms with Crippen LogP contribution in [0.5, 0.6) is 11.5 Å². The first-order valence-corrected chi connectivity index (χ1v) is 9.63. The lowest BCUT2D eigenvalue weighted by Gasteiger charge is -2.13. The van der Waals surface area contributed by atoms with Gasteiger partial charge in [0.2, 0.25) is 11.2 Å². The first-order valence-electron chi connectivity index (χ1n) is 7.74. The molecule has 0 fully saturated rings. The number of sulfone groups is 1. The second-order valence-corrected chi connectivity index (χ2v) is 7.78. The lowest BCUT2D eigenvalue weighted by atomic mass is 10.1. The van der Waals surface area contributed by atoms with Gasteiger partial charge in [-0.3, -0.25) is 4.79 Å². The van der Waals surface area contributed by atoms with E-state index in [1.54, 1.807) is 6.07 Å². The topological polar surface area (TPSA) is 73.6 Å². The van der Waals surface area contributed by atoms with Crippen LogP contribution < -0.4 is 10.2 Å². The van der Waals surface area contributed by atoms with E-state index >= 15 is 0 Å². The first-order chi connectivity index (χ1) is 12.7. The van der Waals surface area contributed by atoms with Gasteiger partial charge >= 0.3 is 0 Å². The zero-order chi connectivity index (χ0) is 19.8. The van der Waals surface area contributed by atoms with Gasteiger partial charge in [-0.05, 0) is 31.2 Å². The molecule has 27 heavy (non-hydrogen) atoms. The molecule has 3 aromatic rings. The molecule has 140 valence electrons. The Morgan fingerprint density at radius 3 is 2.22 bits per heavy atom. The standard InChI is InChI=1S/C19H14F2O5S/c1-11-10-15(22)19(26-18-13(20)7-5-8-14(18)21)17(25-11)12-6-3-4-9-16(12)27(2,23)24/h3-10H,1-2H3. The highest BCUT2D eigenvalue weighted by Gasteiger charge is 2.24. The molecule has 8 heteroatoms. The van der Waals surface area contributed by atoms with Crippen molar-refractivity contribution in [3.8, 4) is 22.8 Å². The summed E-state index contributed by atoms with van der Waals surface area (Å²) in [5.74, 6) is -3.38. The van der Waals surface area contributed by atoms with Crippen LogP contribution in [0.25, 0.3) is 11.3 Å². The Kier molecular flexibility index (Phi) is 4.84. The molecular weight excluding hydrogens is 378 g/mol. The smallest absolute Gasteiger partial charge is 0.228 e. The summed E-state index contributed by atoms with van der Waals surface area (Å²) in [6, 6.07) is 9.97. The van der Waals surface area contributed by atoms with Gasteiger partial charge in [0.1, 0.15) is 5.76 Å². The molecule has 2 aromatic carbocycles. The molecule has 0 aliphatic heterocycles. The van der Waals surface area contributed by atoms with E-state index in [9.17, 15) is 22.0 Å². The summed E-state index contributed by atoms with van der Waals surface area (Å²) in [4.78, 5) is 12.3. The van der Waals surface area contributed by atoms with Crippen LogP contribution in [0.15, 0.2) is 62.6 Å². The molecule has 0 amide bonds. The van der Waals surface area contributed by atoms with E-state index in [1.165, 1.54) is 25.1 Å². The van der Waals surface area contributed by atoms with Crippen molar-refractivity contribution in [3.63, 3.8) is 0 Å². The molecule has 5 nitrogen and oxygen atoms in total. The Balaban J connectivity index is 2.30. The van der Waals surface area contributed by atoms with Gasteiger partial charge in [-0.1, -0.05) is 18.2 Å². The van der Waals surface area contributed by atoms with Gasteiger partial charge in [-0.15, -0.1) is 0 Å². The van der Waals surface area contributed by atoms with Gasteiger partial charge in [0.15, 0.2) is 33.0 Å². The Morgan fingerprint density at radius 1 is 0.963 bits per heavy atom. The zero-order valence-electron chi connectivity index (χ0n) is 14.3. The van der Waals surface area contributed by atoms with E-state index in [4.69, 9.17) is 9.15 Å². The average Bonchev–Trinajstić information content (AvgIpc) is 2.58. The third-order valence-corrected chi connectivity index (χ3v) is 4.84. The highest BCUT2D eigenvalue weighted by molar-refractivity contribution is 7.90. The molecule has 1 heterocycles. The van der Waals surface area contributed by atoms with Crippen LogP contribution >= 0.6 is 0 Å². The van der Waals surface area contributed by atoms with Gasteiger partial charge < -0.3 is 9.15 Å². The Bertz CT molecular complexity index is 1160. The van der Waals surface area contributed by atoms with Gasteiger partial charge in [-0.25, -0.2) is 17.2 Å². The van der Waals surface area contributed by atoms with Crippen molar-refractivity contribution in [1.82, 2.24) is 0 Å². The number of hydrogen-bond acceptors (Lipinski definition) is 5. The predicted octanol–water partition coefficient (Wildman–Crippen LogP) is 4.09. The maximum Gasteiger partial charge on any atom is 0.228 e. The van der Waals surface area contributed by atoms with E-state index in [0.29, 0.717) is 0 Å². The molecular formula is C19H14F2O5S. The Morgan fingerprint density at radius 2 is 1.59 bits per heavy atom.